The molecule has 1 unspecified atom stereocenters. The fourth-order valence-electron chi connectivity index (χ4n) is 2.42. The zero-order valence-electron chi connectivity index (χ0n) is 10.7. The van der Waals surface area contributed by atoms with Crippen LogP contribution in [-0.4, -0.2) is 37.1 Å². The van der Waals surface area contributed by atoms with Gasteiger partial charge in [0, 0.05) is 19.1 Å². The molecule has 1 atom stereocenters. The third-order valence-electron chi connectivity index (χ3n) is 3.48. The zero-order valence-corrected chi connectivity index (χ0v) is 10.7. The van der Waals surface area contributed by atoms with Crippen molar-refractivity contribution in [1.29, 1.82) is 0 Å². The molecular weight excluding hydrogens is 228 g/mol. The summed E-state index contributed by atoms with van der Waals surface area (Å²) in [6.45, 7) is 1.69. The number of piperidine rings is 1. The highest BCUT2D eigenvalue weighted by Gasteiger charge is 2.30. The van der Waals surface area contributed by atoms with E-state index in [4.69, 9.17) is 10.5 Å². The van der Waals surface area contributed by atoms with Gasteiger partial charge in [0.05, 0.1) is 7.11 Å². The summed E-state index contributed by atoms with van der Waals surface area (Å²) in [6.07, 6.45) is 1.86. The Kier molecular flexibility index (Phi) is 4.33. The summed E-state index contributed by atoms with van der Waals surface area (Å²) >= 11 is 0. The summed E-state index contributed by atoms with van der Waals surface area (Å²) in [5.74, 6) is -0.198. The van der Waals surface area contributed by atoms with Gasteiger partial charge in [0.2, 0.25) is 0 Å². The van der Waals surface area contributed by atoms with Gasteiger partial charge in [0.1, 0.15) is 6.04 Å². The van der Waals surface area contributed by atoms with Gasteiger partial charge in [-0.3, -0.25) is 4.90 Å². The van der Waals surface area contributed by atoms with Crippen LogP contribution in [0, 0.1) is 0 Å². The van der Waals surface area contributed by atoms with E-state index in [1.165, 1.54) is 7.11 Å². The van der Waals surface area contributed by atoms with Crippen molar-refractivity contribution in [3.05, 3.63) is 35.9 Å². The Bertz CT molecular complexity index is 386. The highest BCUT2D eigenvalue weighted by atomic mass is 16.5. The van der Waals surface area contributed by atoms with Gasteiger partial charge in [-0.2, -0.15) is 0 Å². The lowest BCUT2D eigenvalue weighted by Gasteiger charge is -2.35. The number of carbonyl (C=O) groups excluding carboxylic acids is 1. The molecule has 98 valence electrons. The highest BCUT2D eigenvalue weighted by molar-refractivity contribution is 5.77. The highest BCUT2D eigenvalue weighted by Crippen LogP contribution is 2.25. The molecule has 0 bridgehead atoms. The van der Waals surface area contributed by atoms with E-state index >= 15 is 0 Å². The Morgan fingerprint density at radius 3 is 2.50 bits per heavy atom. The quantitative estimate of drug-likeness (QED) is 0.820. The number of hydrogen-bond acceptors (Lipinski definition) is 4. The number of likely N-dealkylation sites (tertiary alicyclic amines) is 1. The number of hydrogen-bond donors (Lipinski definition) is 1. The third-order valence-corrected chi connectivity index (χ3v) is 3.48. The third kappa shape index (κ3) is 2.89. The van der Waals surface area contributed by atoms with Crippen molar-refractivity contribution in [2.45, 2.75) is 24.9 Å². The second-order valence-electron chi connectivity index (χ2n) is 4.71. The molecule has 4 nitrogen and oxygen atoms in total. The molecule has 1 aliphatic heterocycles. The van der Waals surface area contributed by atoms with Gasteiger partial charge in [-0.15, -0.1) is 0 Å². The van der Waals surface area contributed by atoms with E-state index in [0.29, 0.717) is 0 Å². The van der Waals surface area contributed by atoms with E-state index in [-0.39, 0.29) is 18.1 Å². The van der Waals surface area contributed by atoms with Crippen molar-refractivity contribution in [2.24, 2.45) is 5.73 Å². The minimum atomic E-state index is -0.302. The van der Waals surface area contributed by atoms with E-state index in [0.717, 1.165) is 31.5 Å². The van der Waals surface area contributed by atoms with Crippen molar-refractivity contribution in [3.63, 3.8) is 0 Å². The lowest BCUT2D eigenvalue weighted by atomic mass is 10.00. The van der Waals surface area contributed by atoms with Gasteiger partial charge in [0.15, 0.2) is 0 Å². The average molecular weight is 248 g/mol. The first kappa shape index (κ1) is 13.1. The van der Waals surface area contributed by atoms with Crippen LogP contribution in [0.5, 0.6) is 0 Å². The standard InChI is InChI=1S/C14H20N2O2/c1-18-14(17)13(11-5-3-2-4-6-11)16-9-7-12(15)8-10-16/h2-6,12-13H,7-10,15H2,1H3. The number of carbonyl (C=O) groups is 1. The summed E-state index contributed by atoms with van der Waals surface area (Å²) in [5.41, 5.74) is 6.89. The minimum Gasteiger partial charge on any atom is -0.468 e. The van der Waals surface area contributed by atoms with Crippen molar-refractivity contribution in [2.75, 3.05) is 20.2 Å². The van der Waals surface area contributed by atoms with Crippen molar-refractivity contribution >= 4 is 5.97 Å². The molecule has 1 fully saturated rings. The van der Waals surface area contributed by atoms with Crippen LogP contribution in [0.3, 0.4) is 0 Å². The molecule has 4 heteroatoms. The lowest BCUT2D eigenvalue weighted by Crippen LogP contribution is -2.44. The fourth-order valence-corrected chi connectivity index (χ4v) is 2.42. The van der Waals surface area contributed by atoms with Crippen LogP contribution in [0.2, 0.25) is 0 Å². The summed E-state index contributed by atoms with van der Waals surface area (Å²) in [4.78, 5) is 14.2. The first-order valence-corrected chi connectivity index (χ1v) is 6.35. The van der Waals surface area contributed by atoms with Crippen LogP contribution in [0.1, 0.15) is 24.4 Å². The molecule has 1 saturated heterocycles. The maximum Gasteiger partial charge on any atom is 0.327 e. The lowest BCUT2D eigenvalue weighted by molar-refractivity contribution is -0.147. The minimum absolute atomic E-state index is 0.198. The van der Waals surface area contributed by atoms with Crippen molar-refractivity contribution in [3.8, 4) is 0 Å². The largest absolute Gasteiger partial charge is 0.468 e. The van der Waals surface area contributed by atoms with E-state index in [1.807, 2.05) is 30.3 Å². The normalized spacial score (nSPS) is 19.4. The van der Waals surface area contributed by atoms with Crippen LogP contribution in [0.15, 0.2) is 30.3 Å². The maximum atomic E-state index is 12.0. The molecule has 0 aliphatic carbocycles. The average Bonchev–Trinajstić information content (AvgIpc) is 2.42. The van der Waals surface area contributed by atoms with Gasteiger partial charge in [0.25, 0.3) is 0 Å². The molecule has 1 aromatic carbocycles. The molecule has 0 spiro atoms. The molecule has 0 aromatic heterocycles. The zero-order chi connectivity index (χ0) is 13.0. The Hall–Kier alpha value is -1.39. The number of nitrogens with zero attached hydrogens (tertiary/aromatic N) is 1. The Balaban J connectivity index is 2.18. The smallest absolute Gasteiger partial charge is 0.327 e. The number of ether oxygens (including phenoxy) is 1. The fraction of sp³-hybridized carbons (Fsp3) is 0.500. The van der Waals surface area contributed by atoms with Crippen LogP contribution >= 0.6 is 0 Å². The number of nitrogens with two attached hydrogens (primary N) is 1. The topological polar surface area (TPSA) is 55.6 Å². The number of rotatable bonds is 3. The van der Waals surface area contributed by atoms with E-state index in [2.05, 4.69) is 4.90 Å². The van der Waals surface area contributed by atoms with E-state index in [1.54, 1.807) is 0 Å². The first-order chi connectivity index (χ1) is 8.72. The maximum absolute atomic E-state index is 12.0. The van der Waals surface area contributed by atoms with Crippen LogP contribution in [-0.2, 0) is 9.53 Å². The van der Waals surface area contributed by atoms with Crippen LogP contribution in [0.4, 0.5) is 0 Å². The molecule has 2 rings (SSSR count). The van der Waals surface area contributed by atoms with Gasteiger partial charge < -0.3 is 10.5 Å². The summed E-state index contributed by atoms with van der Waals surface area (Å²) in [7, 11) is 1.44. The number of benzene rings is 1. The predicted molar refractivity (Wildman–Crippen MR) is 70.0 cm³/mol. The number of methoxy groups -OCH3 is 1. The van der Waals surface area contributed by atoms with Gasteiger partial charge >= 0.3 is 5.97 Å². The SMILES string of the molecule is COC(=O)C(c1ccccc1)N1CCC(N)CC1. The van der Waals surface area contributed by atoms with Gasteiger partial charge in [-0.05, 0) is 18.4 Å². The van der Waals surface area contributed by atoms with E-state index < -0.39 is 0 Å². The molecule has 0 saturated carbocycles. The Labute approximate surface area is 108 Å². The molecule has 1 aliphatic rings. The predicted octanol–water partition coefficient (Wildman–Crippen LogP) is 1.32. The monoisotopic (exact) mass is 248 g/mol. The first-order valence-electron chi connectivity index (χ1n) is 6.35. The van der Waals surface area contributed by atoms with Gasteiger partial charge in [-0.25, -0.2) is 4.79 Å². The Morgan fingerprint density at radius 1 is 1.33 bits per heavy atom. The summed E-state index contributed by atoms with van der Waals surface area (Å²) in [6, 6.07) is 9.73. The summed E-state index contributed by atoms with van der Waals surface area (Å²) in [5, 5.41) is 0. The summed E-state index contributed by atoms with van der Waals surface area (Å²) < 4.78 is 4.93. The second-order valence-corrected chi connectivity index (χ2v) is 4.71. The second kappa shape index (κ2) is 5.98. The molecule has 1 heterocycles. The van der Waals surface area contributed by atoms with Crippen LogP contribution < -0.4 is 5.73 Å². The molecule has 18 heavy (non-hydrogen) atoms. The van der Waals surface area contributed by atoms with Gasteiger partial charge in [-0.1, -0.05) is 30.3 Å². The van der Waals surface area contributed by atoms with Crippen LogP contribution in [0.25, 0.3) is 0 Å². The Morgan fingerprint density at radius 2 is 1.94 bits per heavy atom. The molecule has 2 N–H and O–H groups in total. The molecule has 0 amide bonds. The van der Waals surface area contributed by atoms with Crippen molar-refractivity contribution in [1.82, 2.24) is 4.90 Å². The molecular formula is C14H20N2O2. The van der Waals surface area contributed by atoms with Crippen molar-refractivity contribution < 1.29 is 9.53 Å². The molecule has 0 radical (unpaired) electrons. The van der Waals surface area contributed by atoms with E-state index in [9.17, 15) is 4.79 Å². The number of esters is 1. The molecule has 1 aromatic rings.